The normalized spacial score (nSPS) is 16.9. The van der Waals surface area contributed by atoms with Gasteiger partial charge in [0.1, 0.15) is 47.4 Å². The van der Waals surface area contributed by atoms with Crippen LogP contribution in [0.1, 0.15) is 95.6 Å². The molecule has 12 heteroatoms. The molecule has 6 heterocycles. The van der Waals surface area contributed by atoms with Gasteiger partial charge in [0.15, 0.2) is 0 Å². The Balaban J connectivity index is 0.000000144. The van der Waals surface area contributed by atoms with Crippen LogP contribution in [0.2, 0.25) is 0 Å². The Bertz CT molecular complexity index is 2850. The minimum Gasteiger partial charge on any atom is -0.508 e. The third kappa shape index (κ3) is 15.4. The number of nitrogens with zero attached hydrogens (tertiary/aromatic N) is 5. The number of fused-ring (bicyclic) bond motifs is 2. The number of anilines is 4. The summed E-state index contributed by atoms with van der Waals surface area (Å²) in [6.07, 6.45) is 15.9. The average Bonchev–Trinajstić information content (AvgIpc) is 3.45. The highest BCUT2D eigenvalue weighted by molar-refractivity contribution is 9.10. The number of halogens is 1. The van der Waals surface area contributed by atoms with Crippen LogP contribution in [0.15, 0.2) is 136 Å². The molecule has 0 unspecified atom stereocenters. The van der Waals surface area contributed by atoms with Crippen LogP contribution in [0.25, 0.3) is 22.3 Å². The summed E-state index contributed by atoms with van der Waals surface area (Å²) in [4.78, 5) is 9.39. The lowest BCUT2D eigenvalue weighted by Crippen LogP contribution is -2.36. The van der Waals surface area contributed by atoms with E-state index in [9.17, 15) is 15.3 Å². The molecule has 0 bridgehead atoms. The van der Waals surface area contributed by atoms with Gasteiger partial charge in [0.25, 0.3) is 0 Å². The van der Waals surface area contributed by atoms with E-state index in [1.165, 1.54) is 99.0 Å². The third-order valence-electron chi connectivity index (χ3n) is 14.9. The number of aromatic hydroxyl groups is 4. The second-order valence-electron chi connectivity index (χ2n) is 20.3. The van der Waals surface area contributed by atoms with Gasteiger partial charge in [0, 0.05) is 140 Å². The van der Waals surface area contributed by atoms with Gasteiger partial charge in [0.2, 0.25) is 5.36 Å². The van der Waals surface area contributed by atoms with Crippen molar-refractivity contribution in [1.29, 1.82) is 0 Å². The number of ether oxygens (including phenoxy) is 1. The molecular weight excluding hydrogens is 1000 g/mol. The first-order chi connectivity index (χ1) is 36.2. The van der Waals surface area contributed by atoms with Gasteiger partial charge < -0.3 is 49.2 Å². The summed E-state index contributed by atoms with van der Waals surface area (Å²) in [7, 11) is 0. The van der Waals surface area contributed by atoms with Gasteiger partial charge in [-0.05, 0) is 142 Å². The SMILES string of the molecule is C.Oc1cc(N2CCCCC2)ccc1Cc1ccc(N2CCCCC2)cc1O.Oc1cccc(Br)c1.Oc1cccc(N2CCOCC2)c1.c1cc(=[N+]2CCCCC2)cc2oc3cc(N4CCCCC4)ccc3cc1-2. The van der Waals surface area contributed by atoms with E-state index in [1.807, 2.05) is 42.5 Å². The molecule has 5 fully saturated rings. The van der Waals surface area contributed by atoms with E-state index in [4.69, 9.17) is 14.3 Å². The Kier molecular flexibility index (Phi) is 20.1. The number of rotatable bonds is 6. The minimum atomic E-state index is 0. The van der Waals surface area contributed by atoms with E-state index >= 15 is 0 Å². The molecule has 398 valence electrons. The van der Waals surface area contributed by atoms with Crippen molar-refractivity contribution in [3.63, 3.8) is 0 Å². The topological polar surface area (TPSA) is 119 Å². The van der Waals surface area contributed by atoms with E-state index < -0.39 is 0 Å². The molecule has 0 saturated carbocycles. The van der Waals surface area contributed by atoms with Crippen molar-refractivity contribution in [3.8, 4) is 34.3 Å². The van der Waals surface area contributed by atoms with Crippen molar-refractivity contribution in [2.24, 2.45) is 0 Å². The summed E-state index contributed by atoms with van der Waals surface area (Å²) >= 11 is 3.20. The maximum absolute atomic E-state index is 10.5. The van der Waals surface area contributed by atoms with Crippen molar-refractivity contribution in [3.05, 3.63) is 148 Å². The molecule has 4 N–H and O–H groups in total. The van der Waals surface area contributed by atoms with Crippen LogP contribution < -0.4 is 29.5 Å². The van der Waals surface area contributed by atoms with E-state index in [0.29, 0.717) is 29.4 Å². The van der Waals surface area contributed by atoms with Crippen LogP contribution in [0.3, 0.4) is 0 Å². The molecule has 0 amide bonds. The molecule has 75 heavy (non-hydrogen) atoms. The Morgan fingerprint density at radius 2 is 0.947 bits per heavy atom. The molecule has 7 aliphatic rings. The summed E-state index contributed by atoms with van der Waals surface area (Å²) < 4.78 is 15.0. The Morgan fingerprint density at radius 3 is 1.47 bits per heavy atom. The van der Waals surface area contributed by atoms with Gasteiger partial charge in [-0.1, -0.05) is 47.6 Å². The molecule has 0 atom stereocenters. The predicted molar refractivity (Wildman–Crippen MR) is 313 cm³/mol. The molecule has 5 aromatic rings. The Labute approximate surface area is 453 Å². The fourth-order valence-electron chi connectivity index (χ4n) is 10.7. The van der Waals surface area contributed by atoms with Crippen molar-refractivity contribution in [2.75, 3.05) is 98.3 Å². The monoisotopic (exact) mass is 1080 g/mol. The van der Waals surface area contributed by atoms with E-state index in [-0.39, 0.29) is 7.43 Å². The number of phenols is 4. The van der Waals surface area contributed by atoms with Crippen molar-refractivity contribution >= 4 is 49.6 Å². The zero-order chi connectivity index (χ0) is 51.1. The number of benzene rings is 6. The van der Waals surface area contributed by atoms with Crippen LogP contribution in [0, 0.1) is 0 Å². The zero-order valence-corrected chi connectivity index (χ0v) is 44.6. The number of phenolic OH excluding ortho intramolecular Hbond substituents is 4. The Morgan fingerprint density at radius 1 is 0.453 bits per heavy atom. The molecule has 5 saturated heterocycles. The molecule has 12 rings (SSSR count). The lowest BCUT2D eigenvalue weighted by Gasteiger charge is -2.29. The van der Waals surface area contributed by atoms with Gasteiger partial charge in [-0.3, -0.25) is 0 Å². The summed E-state index contributed by atoms with van der Waals surface area (Å²) in [6.45, 7) is 12.3. The number of piperidine rings is 4. The maximum Gasteiger partial charge on any atom is 0.203 e. The van der Waals surface area contributed by atoms with E-state index in [1.54, 1.807) is 30.3 Å². The molecule has 0 aromatic heterocycles. The lowest BCUT2D eigenvalue weighted by atomic mass is 10.0. The van der Waals surface area contributed by atoms with Crippen molar-refractivity contribution in [1.82, 2.24) is 4.58 Å². The minimum absolute atomic E-state index is 0. The molecule has 11 nitrogen and oxygen atoms in total. The molecule has 6 aliphatic heterocycles. The summed E-state index contributed by atoms with van der Waals surface area (Å²) in [5.41, 5.74) is 8.46. The second kappa shape index (κ2) is 27.4. The first kappa shape index (κ1) is 54.9. The van der Waals surface area contributed by atoms with Crippen LogP contribution in [0.5, 0.6) is 23.0 Å². The second-order valence-corrected chi connectivity index (χ2v) is 21.2. The van der Waals surface area contributed by atoms with Crippen molar-refractivity contribution in [2.45, 2.75) is 90.9 Å². The fourth-order valence-corrected chi connectivity index (χ4v) is 11.1. The largest absolute Gasteiger partial charge is 0.508 e. The van der Waals surface area contributed by atoms with Gasteiger partial charge in [-0.2, -0.15) is 0 Å². The van der Waals surface area contributed by atoms with Gasteiger partial charge >= 0.3 is 0 Å². The highest BCUT2D eigenvalue weighted by Crippen LogP contribution is 2.34. The third-order valence-corrected chi connectivity index (χ3v) is 15.4. The number of hydrogen-bond acceptors (Lipinski definition) is 10. The highest BCUT2D eigenvalue weighted by Gasteiger charge is 2.19. The fraction of sp³-hybridized carbons (Fsp3) is 0.413. The summed E-state index contributed by atoms with van der Waals surface area (Å²) in [5, 5.41) is 41.6. The van der Waals surface area contributed by atoms with Crippen LogP contribution in [-0.2, 0) is 11.2 Å². The molecule has 1 aliphatic carbocycles. The smallest absolute Gasteiger partial charge is 0.203 e. The van der Waals surface area contributed by atoms with Crippen LogP contribution in [-0.4, -0.2) is 99.1 Å². The lowest BCUT2D eigenvalue weighted by molar-refractivity contribution is 0.122. The van der Waals surface area contributed by atoms with Crippen molar-refractivity contribution < 1.29 is 29.6 Å². The van der Waals surface area contributed by atoms with Gasteiger partial charge in [0.05, 0.1) is 19.3 Å². The highest BCUT2D eigenvalue weighted by atomic mass is 79.9. The number of morpholine rings is 1. The van der Waals surface area contributed by atoms with Gasteiger partial charge in [-0.15, -0.1) is 0 Å². The maximum atomic E-state index is 10.5. The zero-order valence-electron chi connectivity index (χ0n) is 43.0. The van der Waals surface area contributed by atoms with Gasteiger partial charge in [-0.25, -0.2) is 4.58 Å². The average molecular weight is 1080 g/mol. The standard InChI is InChI=1S/C23H30N2O2.C23H27N2O.C10H13NO2.C6H5BrO.CH4/c26-22-16-20(24-11-3-1-4-12-24)9-7-18(22)15-19-8-10-21(17-23(19)27)25-13-5-2-6-14-25;1-3-11-24(12-4-1)20-9-7-18-15-19-8-10-21(25-13-5-2-6-14-25)17-23(19)26-22(18)16-20;12-10-3-1-2-9(8-10)11-4-6-13-7-5-11;7-5-2-1-3-6(8)4-5;/h7-10,16-17,26-27H,1-6,11-15H2;7-10,15-17H,1-6,11-14H2;1-3,8,12H,4-7H2;1-4,8H;1H4/q;+1;;;. The van der Waals surface area contributed by atoms with E-state index in [2.05, 4.69) is 94.7 Å². The van der Waals surface area contributed by atoms with Crippen LogP contribution >= 0.6 is 15.9 Å². The first-order valence-electron chi connectivity index (χ1n) is 27.2. The summed E-state index contributed by atoms with van der Waals surface area (Å²) in [5.74, 6) is 2.25. The predicted octanol–water partition coefficient (Wildman–Crippen LogP) is 13.2. The van der Waals surface area contributed by atoms with Crippen LogP contribution in [0.4, 0.5) is 22.7 Å². The molecule has 0 radical (unpaired) electrons. The molecular formula is C63H79BrN5O6+. The summed E-state index contributed by atoms with van der Waals surface area (Å²) in [6, 6.07) is 41.8. The molecule has 5 aromatic carbocycles. The molecule has 0 spiro atoms. The number of hydrogen-bond donors (Lipinski definition) is 4. The van der Waals surface area contributed by atoms with E-state index in [0.717, 1.165) is 123 Å². The quantitative estimate of drug-likeness (QED) is 0.0947. The first-order valence-corrected chi connectivity index (χ1v) is 28.0. The Hall–Kier alpha value is -6.37.